The number of benzene rings is 1. The first-order valence-corrected chi connectivity index (χ1v) is 9.74. The van der Waals surface area contributed by atoms with Gasteiger partial charge in [-0.2, -0.15) is 5.26 Å². The van der Waals surface area contributed by atoms with Gasteiger partial charge in [0.05, 0.1) is 12.2 Å². The Kier molecular flexibility index (Phi) is 7.07. The second-order valence-electron chi connectivity index (χ2n) is 6.98. The third-order valence-corrected chi connectivity index (χ3v) is 4.98. The summed E-state index contributed by atoms with van der Waals surface area (Å²) in [7, 11) is 0. The number of nitriles is 1. The van der Waals surface area contributed by atoms with Crippen LogP contribution in [0.1, 0.15) is 58.4 Å². The van der Waals surface area contributed by atoms with Crippen LogP contribution < -0.4 is 5.32 Å². The lowest BCUT2D eigenvalue weighted by Gasteiger charge is -2.16. The highest BCUT2D eigenvalue weighted by Crippen LogP contribution is 2.30. The predicted molar refractivity (Wildman–Crippen MR) is 109 cm³/mol. The number of ketones is 1. The van der Waals surface area contributed by atoms with Gasteiger partial charge in [0.2, 0.25) is 0 Å². The minimum absolute atomic E-state index is 0.0845. The van der Waals surface area contributed by atoms with E-state index in [2.05, 4.69) is 22.4 Å². The topological polar surface area (TPSA) is 86.0 Å². The van der Waals surface area contributed by atoms with E-state index in [4.69, 9.17) is 5.11 Å². The van der Waals surface area contributed by atoms with Gasteiger partial charge in [0.15, 0.2) is 5.78 Å². The van der Waals surface area contributed by atoms with Gasteiger partial charge in [-0.25, -0.2) is 0 Å². The smallest absolute Gasteiger partial charge is 0.185 e. The number of hydrogen-bond donors (Lipinski definition) is 2. The lowest BCUT2D eigenvalue weighted by molar-refractivity contribution is 0.0988. The van der Waals surface area contributed by atoms with E-state index in [1.165, 1.54) is 12.0 Å². The molecule has 1 aromatic heterocycles. The molecule has 28 heavy (non-hydrogen) atoms. The molecule has 0 spiro atoms. The first-order chi connectivity index (χ1) is 13.7. The van der Waals surface area contributed by atoms with Crippen LogP contribution in [0, 0.1) is 11.3 Å². The molecule has 144 valence electrons. The van der Waals surface area contributed by atoms with Gasteiger partial charge in [-0.05, 0) is 54.0 Å². The van der Waals surface area contributed by atoms with E-state index in [9.17, 15) is 10.1 Å². The van der Waals surface area contributed by atoms with Gasteiger partial charge in [-0.3, -0.25) is 9.78 Å². The minimum atomic E-state index is -0.0962. The molecule has 1 aliphatic carbocycles. The fourth-order valence-electron chi connectivity index (χ4n) is 3.50. The van der Waals surface area contributed by atoms with Crippen molar-refractivity contribution in [1.82, 2.24) is 10.3 Å². The van der Waals surface area contributed by atoms with Crippen LogP contribution in [0.25, 0.3) is 5.57 Å². The summed E-state index contributed by atoms with van der Waals surface area (Å²) in [5.41, 5.74) is 4.90. The van der Waals surface area contributed by atoms with Gasteiger partial charge in [-0.15, -0.1) is 0 Å². The maximum Gasteiger partial charge on any atom is 0.185 e. The lowest BCUT2D eigenvalue weighted by Crippen LogP contribution is -2.17. The Morgan fingerprint density at radius 3 is 2.82 bits per heavy atom. The molecule has 0 radical (unpaired) electrons. The van der Waals surface area contributed by atoms with Crippen LogP contribution in [-0.2, 0) is 13.0 Å². The zero-order valence-corrected chi connectivity index (χ0v) is 15.9. The van der Waals surface area contributed by atoms with Crippen LogP contribution in [0.3, 0.4) is 0 Å². The van der Waals surface area contributed by atoms with E-state index in [0.29, 0.717) is 24.3 Å². The summed E-state index contributed by atoms with van der Waals surface area (Å²) in [5, 5.41) is 21.6. The maximum atomic E-state index is 12.7. The molecule has 0 fully saturated rings. The fourth-order valence-corrected chi connectivity index (χ4v) is 3.50. The Bertz CT molecular complexity index is 895. The number of carbonyl (C=O) groups excluding carboxylic acids is 1. The summed E-state index contributed by atoms with van der Waals surface area (Å²) in [6.45, 7) is 1.20. The van der Waals surface area contributed by atoms with Crippen LogP contribution >= 0.6 is 0 Å². The average Bonchev–Trinajstić information content (AvgIpc) is 2.75. The molecule has 0 aliphatic heterocycles. The van der Waals surface area contributed by atoms with Gasteiger partial charge < -0.3 is 10.4 Å². The minimum Gasteiger partial charge on any atom is -0.395 e. The number of nitrogens with one attached hydrogen (secondary N) is 1. The Balaban J connectivity index is 1.75. The molecule has 2 N–H and O–H groups in total. The quantitative estimate of drug-likeness (QED) is 0.545. The molecule has 0 saturated heterocycles. The van der Waals surface area contributed by atoms with E-state index >= 15 is 0 Å². The van der Waals surface area contributed by atoms with Gasteiger partial charge in [0.25, 0.3) is 0 Å². The Labute approximate surface area is 165 Å². The summed E-state index contributed by atoms with van der Waals surface area (Å²) in [5.74, 6) is -0.0962. The van der Waals surface area contributed by atoms with Crippen molar-refractivity contribution in [1.29, 1.82) is 5.26 Å². The van der Waals surface area contributed by atoms with E-state index in [1.807, 2.05) is 24.3 Å². The molecule has 1 aromatic carbocycles. The standard InChI is InChI=1S/C23H25N3O2/c24-14-21-19(7-4-8-20(21)18-5-2-1-3-6-18)13-23(28)22-10-9-17(16-26-22)15-25-11-12-27/h4-5,7-10,16,25,27H,1-3,6,11-13,15H2. The van der Waals surface area contributed by atoms with Gasteiger partial charge in [0, 0.05) is 25.7 Å². The molecule has 1 heterocycles. The van der Waals surface area contributed by atoms with E-state index in [1.54, 1.807) is 12.3 Å². The van der Waals surface area contributed by atoms with Crippen molar-refractivity contribution < 1.29 is 9.90 Å². The van der Waals surface area contributed by atoms with Crippen molar-refractivity contribution >= 4 is 11.4 Å². The zero-order valence-electron chi connectivity index (χ0n) is 15.9. The van der Waals surface area contributed by atoms with E-state index < -0.39 is 0 Å². The fraction of sp³-hybridized carbons (Fsp3) is 0.348. The van der Waals surface area contributed by atoms with Crippen LogP contribution in [0.15, 0.2) is 42.6 Å². The number of Topliss-reactive ketones (excluding diaryl/α,β-unsaturated/α-hetero) is 1. The molecule has 5 heteroatoms. The first kappa shape index (κ1) is 19.9. The van der Waals surface area contributed by atoms with E-state index in [-0.39, 0.29) is 18.8 Å². The summed E-state index contributed by atoms with van der Waals surface area (Å²) < 4.78 is 0. The summed E-state index contributed by atoms with van der Waals surface area (Å²) >= 11 is 0. The third-order valence-electron chi connectivity index (χ3n) is 4.98. The number of carbonyl (C=O) groups is 1. The molecule has 5 nitrogen and oxygen atoms in total. The summed E-state index contributed by atoms with van der Waals surface area (Å²) in [6.07, 6.45) is 8.43. The number of allylic oxidation sites excluding steroid dienone is 2. The molecule has 0 atom stereocenters. The van der Waals surface area contributed by atoms with Crippen LogP contribution in [0.5, 0.6) is 0 Å². The SMILES string of the molecule is N#Cc1c(CC(=O)c2ccc(CNCCO)cn2)cccc1C1=CCCCC1. The number of aromatic nitrogens is 1. The molecule has 1 aliphatic rings. The first-order valence-electron chi connectivity index (χ1n) is 9.74. The number of rotatable bonds is 8. The number of aliphatic hydroxyl groups excluding tert-OH is 1. The molecule has 3 rings (SSSR count). The number of nitrogens with zero attached hydrogens (tertiary/aromatic N) is 2. The highest BCUT2D eigenvalue weighted by molar-refractivity contribution is 5.96. The average molecular weight is 375 g/mol. The van der Waals surface area contributed by atoms with Crippen molar-refractivity contribution in [2.75, 3.05) is 13.2 Å². The van der Waals surface area contributed by atoms with Crippen molar-refractivity contribution in [2.45, 2.75) is 38.6 Å². The van der Waals surface area contributed by atoms with Crippen LogP contribution in [-0.4, -0.2) is 29.0 Å². The molecule has 0 saturated carbocycles. The Morgan fingerprint density at radius 2 is 2.14 bits per heavy atom. The maximum absolute atomic E-state index is 12.7. The Morgan fingerprint density at radius 1 is 1.25 bits per heavy atom. The molecule has 0 amide bonds. The third kappa shape index (κ3) is 4.92. The van der Waals surface area contributed by atoms with Crippen molar-refractivity contribution in [2.24, 2.45) is 0 Å². The van der Waals surface area contributed by atoms with Crippen LogP contribution in [0.2, 0.25) is 0 Å². The second kappa shape index (κ2) is 9.93. The predicted octanol–water partition coefficient (Wildman–Crippen LogP) is 3.42. The largest absolute Gasteiger partial charge is 0.395 e. The van der Waals surface area contributed by atoms with Gasteiger partial charge in [0.1, 0.15) is 11.8 Å². The van der Waals surface area contributed by atoms with E-state index in [0.717, 1.165) is 36.0 Å². The van der Waals surface area contributed by atoms with Gasteiger partial charge >= 0.3 is 0 Å². The molecular weight excluding hydrogens is 350 g/mol. The number of aliphatic hydroxyl groups is 1. The van der Waals surface area contributed by atoms with Gasteiger partial charge in [-0.1, -0.05) is 30.3 Å². The lowest BCUT2D eigenvalue weighted by atomic mass is 9.88. The normalized spacial score (nSPS) is 13.6. The van der Waals surface area contributed by atoms with Crippen LogP contribution in [0.4, 0.5) is 0 Å². The molecule has 0 unspecified atom stereocenters. The van der Waals surface area contributed by atoms with Crippen molar-refractivity contribution in [3.05, 3.63) is 70.6 Å². The number of hydrogen-bond acceptors (Lipinski definition) is 5. The van der Waals surface area contributed by atoms with Crippen molar-refractivity contribution in [3.63, 3.8) is 0 Å². The van der Waals surface area contributed by atoms with Crippen molar-refractivity contribution in [3.8, 4) is 6.07 Å². The highest BCUT2D eigenvalue weighted by Gasteiger charge is 2.17. The summed E-state index contributed by atoms with van der Waals surface area (Å²) in [4.78, 5) is 17.0. The summed E-state index contributed by atoms with van der Waals surface area (Å²) in [6, 6.07) is 11.7. The molecule has 2 aromatic rings. The highest BCUT2D eigenvalue weighted by atomic mass is 16.3. The number of pyridine rings is 1. The Hall–Kier alpha value is -2.81. The molecular formula is C23H25N3O2. The zero-order chi connectivity index (χ0) is 19.8. The second-order valence-corrected chi connectivity index (χ2v) is 6.98. The monoisotopic (exact) mass is 375 g/mol. The molecule has 0 bridgehead atoms.